The Morgan fingerprint density at radius 3 is 2.26 bits per heavy atom. The van der Waals surface area contributed by atoms with E-state index < -0.39 is 41.3 Å². The van der Waals surface area contributed by atoms with Crippen LogP contribution >= 0.6 is 0 Å². The van der Waals surface area contributed by atoms with Crippen LogP contribution in [0.3, 0.4) is 0 Å². The van der Waals surface area contributed by atoms with E-state index in [0.29, 0.717) is 44.0 Å². The molecule has 3 atom stereocenters. The van der Waals surface area contributed by atoms with Crippen molar-refractivity contribution >= 4 is 29.8 Å². The highest BCUT2D eigenvalue weighted by Gasteiger charge is 2.34. The van der Waals surface area contributed by atoms with E-state index in [2.05, 4.69) is 20.9 Å². The lowest BCUT2D eigenvalue weighted by atomic mass is 9.85. The molecule has 1 aliphatic heterocycles. The predicted octanol–water partition coefficient (Wildman–Crippen LogP) is 0.907. The number of morpholine rings is 1. The number of ether oxygens (including phenoxy) is 1. The summed E-state index contributed by atoms with van der Waals surface area (Å²) < 4.78 is 5.36. The zero-order valence-corrected chi connectivity index (χ0v) is 20.9. The number of nitrogens with zero attached hydrogens (tertiary/aromatic N) is 2. The summed E-state index contributed by atoms with van der Waals surface area (Å²) in [6.07, 6.45) is 2.24. The number of amides is 3. The van der Waals surface area contributed by atoms with Crippen LogP contribution in [-0.4, -0.2) is 73.4 Å². The highest BCUT2D eigenvalue weighted by atomic mass is 16.5. The van der Waals surface area contributed by atoms with E-state index >= 15 is 0 Å². The van der Waals surface area contributed by atoms with Crippen LogP contribution in [-0.2, 0) is 19.1 Å². The summed E-state index contributed by atoms with van der Waals surface area (Å²) in [7, 11) is 0. The molecule has 3 N–H and O–H groups in total. The van der Waals surface area contributed by atoms with Crippen LogP contribution in [0.5, 0.6) is 0 Å². The van der Waals surface area contributed by atoms with Gasteiger partial charge in [0.25, 0.3) is 5.91 Å². The summed E-state index contributed by atoms with van der Waals surface area (Å²) >= 11 is 0. The van der Waals surface area contributed by atoms with Gasteiger partial charge >= 0.3 is 0 Å². The van der Waals surface area contributed by atoms with E-state index in [1.54, 1.807) is 18.3 Å². The zero-order chi connectivity index (χ0) is 25.5. The molecule has 2 rings (SSSR count). The summed E-state index contributed by atoms with van der Waals surface area (Å²) in [5.74, 6) is -0.771. The summed E-state index contributed by atoms with van der Waals surface area (Å²) in [6.45, 7) is 13.2. The second kappa shape index (κ2) is 11.9. The summed E-state index contributed by atoms with van der Waals surface area (Å²) in [5, 5.41) is 8.09. The molecule has 10 heteroatoms. The van der Waals surface area contributed by atoms with Gasteiger partial charge in [-0.15, -0.1) is 0 Å². The molecule has 1 fully saturated rings. The Labute approximate surface area is 201 Å². The highest BCUT2D eigenvalue weighted by molar-refractivity contribution is 5.99. The number of pyridine rings is 1. The van der Waals surface area contributed by atoms with Crippen molar-refractivity contribution in [2.75, 3.05) is 31.2 Å². The van der Waals surface area contributed by atoms with Crippen LogP contribution in [0.4, 0.5) is 5.82 Å². The van der Waals surface area contributed by atoms with E-state index in [4.69, 9.17) is 4.74 Å². The topological polar surface area (TPSA) is 130 Å². The van der Waals surface area contributed by atoms with Gasteiger partial charge in [0.2, 0.25) is 11.8 Å². The van der Waals surface area contributed by atoms with E-state index in [9.17, 15) is 19.2 Å². The van der Waals surface area contributed by atoms with Crippen LogP contribution in [0.25, 0.3) is 0 Å². The molecule has 3 unspecified atom stereocenters. The first-order chi connectivity index (χ1) is 15.9. The fourth-order valence-electron chi connectivity index (χ4n) is 3.42. The lowest BCUT2D eigenvalue weighted by Crippen LogP contribution is -2.58. The van der Waals surface area contributed by atoms with Gasteiger partial charge in [-0.05, 0) is 30.4 Å². The van der Waals surface area contributed by atoms with Gasteiger partial charge in [-0.3, -0.25) is 14.4 Å². The lowest BCUT2D eigenvalue weighted by molar-refractivity contribution is -0.131. The molecule has 3 amide bonds. The van der Waals surface area contributed by atoms with E-state index in [0.717, 1.165) is 0 Å². The molecule has 1 saturated heterocycles. The maximum atomic E-state index is 13.1. The minimum atomic E-state index is -0.901. The Morgan fingerprint density at radius 2 is 1.71 bits per heavy atom. The quantitative estimate of drug-likeness (QED) is 0.453. The minimum Gasteiger partial charge on any atom is -0.378 e. The molecular weight excluding hydrogens is 438 g/mol. The molecule has 34 heavy (non-hydrogen) atoms. The molecule has 0 bridgehead atoms. The number of aldehydes is 1. The van der Waals surface area contributed by atoms with Gasteiger partial charge in [-0.2, -0.15) is 0 Å². The fourth-order valence-corrected chi connectivity index (χ4v) is 3.42. The van der Waals surface area contributed by atoms with Crippen LogP contribution in [0, 0.1) is 11.3 Å². The average Bonchev–Trinajstić information content (AvgIpc) is 2.80. The van der Waals surface area contributed by atoms with Crippen molar-refractivity contribution in [3.05, 3.63) is 23.9 Å². The summed E-state index contributed by atoms with van der Waals surface area (Å²) in [4.78, 5) is 56.1. The molecule has 10 nitrogen and oxygen atoms in total. The van der Waals surface area contributed by atoms with E-state index in [1.165, 1.54) is 6.92 Å². The van der Waals surface area contributed by atoms with Gasteiger partial charge in [0.05, 0.1) is 19.3 Å². The molecular formula is C24H37N5O5. The van der Waals surface area contributed by atoms with Crippen LogP contribution in [0.1, 0.15) is 51.9 Å². The normalized spacial score (nSPS) is 16.9. The monoisotopic (exact) mass is 475 g/mol. The smallest absolute Gasteiger partial charge is 0.252 e. The van der Waals surface area contributed by atoms with Gasteiger partial charge < -0.3 is 30.4 Å². The first-order valence-electron chi connectivity index (χ1n) is 11.6. The second-order valence-corrected chi connectivity index (χ2v) is 9.92. The van der Waals surface area contributed by atoms with Crippen molar-refractivity contribution < 1.29 is 23.9 Å². The van der Waals surface area contributed by atoms with Gasteiger partial charge in [0.1, 0.15) is 24.2 Å². The van der Waals surface area contributed by atoms with Crippen molar-refractivity contribution in [1.29, 1.82) is 0 Å². The number of rotatable bonds is 9. The zero-order valence-electron chi connectivity index (χ0n) is 20.9. The van der Waals surface area contributed by atoms with Gasteiger partial charge in [-0.1, -0.05) is 34.6 Å². The van der Waals surface area contributed by atoms with Crippen LogP contribution < -0.4 is 20.9 Å². The Bertz CT molecular complexity index is 877. The third kappa shape index (κ3) is 7.51. The van der Waals surface area contributed by atoms with Crippen molar-refractivity contribution in [3.8, 4) is 0 Å². The summed E-state index contributed by atoms with van der Waals surface area (Å²) in [5.41, 5.74) is -0.241. The number of anilines is 1. The van der Waals surface area contributed by atoms with Crippen LogP contribution in [0.15, 0.2) is 18.3 Å². The molecule has 0 radical (unpaired) electrons. The maximum absolute atomic E-state index is 13.1. The van der Waals surface area contributed by atoms with Crippen molar-refractivity contribution in [2.45, 2.75) is 59.7 Å². The largest absolute Gasteiger partial charge is 0.378 e. The minimum absolute atomic E-state index is 0.0753. The fraction of sp³-hybridized carbons (Fsp3) is 0.625. The molecule has 0 spiro atoms. The molecule has 188 valence electrons. The first-order valence-corrected chi connectivity index (χ1v) is 11.6. The molecule has 1 aromatic rings. The standard InChI is InChI=1S/C24H37N5O5/c1-15(2)18(14-30)27-21(31)16(3)26-23(33)20(24(4,5)6)28-22(32)17-7-8-25-19(13-17)29-9-11-34-12-10-29/h7-8,13-16,18,20H,9-12H2,1-6H3,(H,26,33)(H,27,31)(H,28,32). The van der Waals surface area contributed by atoms with Gasteiger partial charge in [0, 0.05) is 24.8 Å². The lowest BCUT2D eigenvalue weighted by Gasteiger charge is -2.31. The number of hydrogen-bond donors (Lipinski definition) is 3. The van der Waals surface area contributed by atoms with Crippen molar-refractivity contribution in [3.63, 3.8) is 0 Å². The number of hydrogen-bond acceptors (Lipinski definition) is 7. The van der Waals surface area contributed by atoms with Crippen molar-refractivity contribution in [1.82, 2.24) is 20.9 Å². The molecule has 0 saturated carbocycles. The predicted molar refractivity (Wildman–Crippen MR) is 128 cm³/mol. The number of carbonyl (C=O) groups is 4. The maximum Gasteiger partial charge on any atom is 0.252 e. The van der Waals surface area contributed by atoms with E-state index in [-0.39, 0.29) is 5.92 Å². The third-order valence-electron chi connectivity index (χ3n) is 5.67. The SMILES string of the molecule is CC(NC(=O)C(NC(=O)c1ccnc(N2CCOCC2)c1)C(C)(C)C)C(=O)NC(C=O)C(C)C. The Kier molecular flexibility index (Phi) is 9.55. The molecule has 0 aromatic carbocycles. The Balaban J connectivity index is 2.09. The van der Waals surface area contributed by atoms with Gasteiger partial charge in [0.15, 0.2) is 0 Å². The summed E-state index contributed by atoms with van der Waals surface area (Å²) in [6, 6.07) is 0.863. The third-order valence-corrected chi connectivity index (χ3v) is 5.67. The second-order valence-electron chi connectivity index (χ2n) is 9.92. The molecule has 2 heterocycles. The number of aromatic nitrogens is 1. The number of nitrogens with one attached hydrogen (secondary N) is 3. The molecule has 1 aliphatic rings. The first kappa shape index (κ1) is 27.2. The Morgan fingerprint density at radius 1 is 1.06 bits per heavy atom. The van der Waals surface area contributed by atoms with Crippen molar-refractivity contribution in [2.24, 2.45) is 11.3 Å². The average molecular weight is 476 g/mol. The van der Waals surface area contributed by atoms with Crippen LogP contribution in [0.2, 0.25) is 0 Å². The Hall–Kier alpha value is -3.01. The molecule has 0 aliphatic carbocycles. The van der Waals surface area contributed by atoms with E-state index in [1.807, 2.05) is 39.5 Å². The molecule has 1 aromatic heterocycles. The highest BCUT2D eigenvalue weighted by Crippen LogP contribution is 2.21. The van der Waals surface area contributed by atoms with Gasteiger partial charge in [-0.25, -0.2) is 4.98 Å². The number of carbonyl (C=O) groups excluding carboxylic acids is 4.